The van der Waals surface area contributed by atoms with Gasteiger partial charge in [0, 0.05) is 5.75 Å². The highest BCUT2D eigenvalue weighted by molar-refractivity contribution is 8.00. The van der Waals surface area contributed by atoms with E-state index in [-0.39, 0.29) is 36.9 Å². The summed E-state index contributed by atoms with van der Waals surface area (Å²) in [6.07, 6.45) is 1.38. The average molecular weight is 1030 g/mol. The molecule has 12 heteroatoms. The fourth-order valence-corrected chi connectivity index (χ4v) is 12.3. The van der Waals surface area contributed by atoms with E-state index in [0.717, 1.165) is 33.4 Å². The van der Waals surface area contributed by atoms with Gasteiger partial charge in [-0.25, -0.2) is 0 Å². The van der Waals surface area contributed by atoms with Crippen LogP contribution in [0.2, 0.25) is 0 Å². The van der Waals surface area contributed by atoms with Crippen LogP contribution in [0, 0.1) is 11.8 Å². The molecule has 74 heavy (non-hydrogen) atoms. The van der Waals surface area contributed by atoms with E-state index < -0.39 is 63.5 Å². The number of carbonyl (C=O) groups excluding carboxylic acids is 4. The van der Waals surface area contributed by atoms with Crippen molar-refractivity contribution in [2.45, 2.75) is 93.2 Å². The molecule has 0 spiro atoms. The summed E-state index contributed by atoms with van der Waals surface area (Å²) in [5, 5.41) is 31.2. The van der Waals surface area contributed by atoms with Crippen LogP contribution < -0.4 is 16.0 Å². The molecule has 0 aliphatic heterocycles. The van der Waals surface area contributed by atoms with Crippen LogP contribution in [0.15, 0.2) is 194 Å². The van der Waals surface area contributed by atoms with Gasteiger partial charge in [-0.1, -0.05) is 222 Å². The van der Waals surface area contributed by atoms with Gasteiger partial charge in [-0.2, -0.15) is 0 Å². The van der Waals surface area contributed by atoms with E-state index in [1.54, 1.807) is 6.08 Å². The first-order valence-corrected chi connectivity index (χ1v) is 27.4. The zero-order valence-corrected chi connectivity index (χ0v) is 44.6. The topological polar surface area (TPSA) is 154 Å². The number of amides is 3. The van der Waals surface area contributed by atoms with Gasteiger partial charge in [0.1, 0.15) is 12.1 Å². The van der Waals surface area contributed by atoms with Crippen LogP contribution in [0.5, 0.6) is 0 Å². The number of allylic oxidation sites excluding steroid dienone is 1. The minimum atomic E-state index is -1.27. The first kappa shape index (κ1) is 56.8. The third kappa shape index (κ3) is 15.1. The summed E-state index contributed by atoms with van der Waals surface area (Å²) in [7, 11) is 1.24. The van der Waals surface area contributed by atoms with Gasteiger partial charge in [0.2, 0.25) is 17.7 Å². The minimum absolute atomic E-state index is 0.0366. The maximum Gasteiger partial charge on any atom is 0.308 e. The van der Waals surface area contributed by atoms with Gasteiger partial charge in [0.15, 0.2) is 0 Å². The van der Waals surface area contributed by atoms with Gasteiger partial charge in [0.05, 0.1) is 47.7 Å². The molecule has 0 aromatic heterocycles. The summed E-state index contributed by atoms with van der Waals surface area (Å²) in [5.74, 6) is -1.87. The fourth-order valence-electron chi connectivity index (χ4n) is 9.30. The van der Waals surface area contributed by atoms with Gasteiger partial charge in [0.25, 0.3) is 0 Å². The predicted octanol–water partition coefficient (Wildman–Crippen LogP) is 10.2. The van der Waals surface area contributed by atoms with Crippen molar-refractivity contribution in [1.82, 2.24) is 16.0 Å². The van der Waals surface area contributed by atoms with Crippen LogP contribution in [0.3, 0.4) is 0 Å². The van der Waals surface area contributed by atoms with Crippen molar-refractivity contribution in [2.24, 2.45) is 11.8 Å². The van der Waals surface area contributed by atoms with Gasteiger partial charge >= 0.3 is 5.97 Å². The number of aliphatic hydroxyl groups excluding tert-OH is 2. The van der Waals surface area contributed by atoms with Crippen LogP contribution in [-0.4, -0.2) is 82.9 Å². The second-order valence-electron chi connectivity index (χ2n) is 19.1. The van der Waals surface area contributed by atoms with Crippen LogP contribution in [0.4, 0.5) is 0 Å². The molecule has 0 saturated heterocycles. The average Bonchev–Trinajstić information content (AvgIpc) is 3.42. The van der Waals surface area contributed by atoms with Crippen LogP contribution >= 0.6 is 23.5 Å². The van der Waals surface area contributed by atoms with Gasteiger partial charge in [-0.3, -0.25) is 19.2 Å². The Labute approximate surface area is 446 Å². The molecule has 5 N–H and O–H groups in total. The summed E-state index contributed by atoms with van der Waals surface area (Å²) in [5.41, 5.74) is 6.33. The van der Waals surface area contributed by atoms with Gasteiger partial charge < -0.3 is 30.9 Å². The number of nitrogens with one attached hydrogen (secondary N) is 3. The van der Waals surface area contributed by atoms with Crippen molar-refractivity contribution in [3.63, 3.8) is 0 Å². The molecule has 0 radical (unpaired) electrons. The molecule has 0 fully saturated rings. The smallest absolute Gasteiger partial charge is 0.308 e. The molecular formula is C62H71N3O7S2. The summed E-state index contributed by atoms with van der Waals surface area (Å²) < 4.78 is 3.49. The molecule has 10 nitrogen and oxygen atoms in total. The molecule has 0 aliphatic rings. The quantitative estimate of drug-likeness (QED) is 0.0147. The summed E-state index contributed by atoms with van der Waals surface area (Å²) in [6.45, 7) is 7.52. The summed E-state index contributed by atoms with van der Waals surface area (Å²) in [6, 6.07) is 58.2. The van der Waals surface area contributed by atoms with E-state index in [2.05, 4.69) is 88.7 Å². The number of benzene rings is 6. The Hall–Kier alpha value is -6.44. The number of ether oxygens (including phenoxy) is 1. The van der Waals surface area contributed by atoms with E-state index in [1.165, 1.54) is 18.9 Å². The monoisotopic (exact) mass is 1030 g/mol. The highest BCUT2D eigenvalue weighted by Gasteiger charge is 2.40. The second kappa shape index (κ2) is 28.3. The minimum Gasteiger partial charge on any atom is -0.469 e. The highest BCUT2D eigenvalue weighted by atomic mass is 32.2. The normalized spacial score (nSPS) is 13.9. The Balaban J connectivity index is 1.20. The number of aliphatic hydroxyl groups is 2. The molecule has 5 atom stereocenters. The van der Waals surface area contributed by atoms with Gasteiger partial charge in [-0.05, 0) is 63.8 Å². The third-order valence-electron chi connectivity index (χ3n) is 12.9. The zero-order valence-electron chi connectivity index (χ0n) is 43.0. The van der Waals surface area contributed by atoms with Crippen molar-refractivity contribution in [3.05, 3.63) is 228 Å². The number of hydrogen-bond donors (Lipinski definition) is 5. The van der Waals surface area contributed by atoms with E-state index in [1.807, 2.05) is 155 Å². The number of hydrogen-bond acceptors (Lipinski definition) is 9. The van der Waals surface area contributed by atoms with Gasteiger partial charge in [-0.15, -0.1) is 23.5 Å². The molecule has 6 aromatic rings. The lowest BCUT2D eigenvalue weighted by atomic mass is 9.84. The molecule has 3 amide bonds. The van der Waals surface area contributed by atoms with E-state index in [9.17, 15) is 29.4 Å². The molecule has 0 aliphatic carbocycles. The molecule has 6 rings (SSSR count). The molecule has 0 heterocycles. The fraction of sp³-hybridized carbons (Fsp3) is 0.323. The summed E-state index contributed by atoms with van der Waals surface area (Å²) >= 11 is 3.29. The lowest BCUT2D eigenvalue weighted by Crippen LogP contribution is -2.58. The highest BCUT2D eigenvalue weighted by Crippen LogP contribution is 2.50. The number of rotatable bonds is 27. The summed E-state index contributed by atoms with van der Waals surface area (Å²) in [4.78, 5) is 55.4. The Kier molecular flexibility index (Phi) is 21.7. The lowest BCUT2D eigenvalue weighted by Gasteiger charge is -2.37. The van der Waals surface area contributed by atoms with E-state index >= 15 is 0 Å². The number of thioether (sulfide) groups is 2. The Morgan fingerprint density at radius 2 is 0.932 bits per heavy atom. The van der Waals surface area contributed by atoms with E-state index in [0.29, 0.717) is 12.2 Å². The maximum atomic E-state index is 14.7. The first-order valence-electron chi connectivity index (χ1n) is 25.4. The molecule has 388 valence electrons. The lowest BCUT2D eigenvalue weighted by molar-refractivity contribution is -0.144. The molecule has 0 unspecified atom stereocenters. The van der Waals surface area contributed by atoms with Crippen molar-refractivity contribution >= 4 is 47.2 Å². The largest absolute Gasteiger partial charge is 0.469 e. The number of methoxy groups -OCH3 is 1. The van der Waals surface area contributed by atoms with Crippen LogP contribution in [-0.2, 0) is 33.4 Å². The van der Waals surface area contributed by atoms with E-state index in [4.69, 9.17) is 4.74 Å². The predicted molar refractivity (Wildman–Crippen MR) is 300 cm³/mol. The molecule has 6 aromatic carbocycles. The maximum absolute atomic E-state index is 14.7. The first-order chi connectivity index (χ1) is 35.8. The van der Waals surface area contributed by atoms with Crippen molar-refractivity contribution in [2.75, 3.05) is 18.6 Å². The second-order valence-corrected chi connectivity index (χ2v) is 21.7. The SMILES string of the molecule is COC(=O)C[C@H](O)[C@H](NC(=O)[C@@H](CSC(c1ccccc1)(c1ccccc1)c1ccccc1)NC(=O)[C@@H](CC(C)C)NC(=O)C[C@H](O)/C=C/CCSC(c1ccccc1)(c1ccccc1)c1ccccc1)C(C)C. The number of carbonyl (C=O) groups is 4. The Bertz CT molecular complexity index is 2480. The zero-order chi connectivity index (χ0) is 52.9. The van der Waals surface area contributed by atoms with Crippen molar-refractivity contribution < 1.29 is 34.1 Å². The van der Waals surface area contributed by atoms with Crippen molar-refractivity contribution in [1.29, 1.82) is 0 Å². The Morgan fingerprint density at radius 1 is 0.541 bits per heavy atom. The van der Waals surface area contributed by atoms with Crippen LogP contribution in [0.25, 0.3) is 0 Å². The number of esters is 1. The standard InChI is InChI=1S/C62H71N3O7S2/c1-44(2)40-53(63-56(68)41-52(66)38-24-25-39-73-61(46-26-12-6-13-27-46,47-28-14-7-15-29-47)48-30-16-8-17-31-48)59(70)64-54(60(71)65-58(45(3)4)55(67)42-57(69)72-5)43-74-62(49-32-18-9-19-33-49,50-34-20-10-21-35-50)51-36-22-11-23-37-51/h6-24,26-38,44-45,52-55,58,66-67H,25,39-43H2,1-5H3,(H,63,68)(H,64,70)(H,65,71)/b38-24+/t52-,53-,54-,55+,58-/m1/s1. The van der Waals surface area contributed by atoms with Crippen molar-refractivity contribution in [3.8, 4) is 0 Å². The Morgan fingerprint density at radius 3 is 1.31 bits per heavy atom. The van der Waals surface area contributed by atoms with Crippen LogP contribution in [0.1, 0.15) is 86.8 Å². The molecule has 0 bridgehead atoms. The molecule has 0 saturated carbocycles. The third-order valence-corrected chi connectivity index (χ3v) is 16.2. The molecular weight excluding hydrogens is 963 g/mol.